The highest BCUT2D eigenvalue weighted by Gasteiger charge is 2.29. The zero-order valence-corrected chi connectivity index (χ0v) is 9.28. The van der Waals surface area contributed by atoms with Gasteiger partial charge >= 0.3 is 17.5 Å². The van der Waals surface area contributed by atoms with Crippen LogP contribution in [0.4, 0.5) is 21.9 Å². The number of nitro benzene ring substituents is 2. The number of rotatable bonds is 4. The third-order valence-corrected chi connectivity index (χ3v) is 1.91. The number of benzene rings is 1. The Morgan fingerprint density at radius 3 is 2.50 bits per heavy atom. The largest absolute Gasteiger partial charge is 0.450 e. The summed E-state index contributed by atoms with van der Waals surface area (Å²) in [5, 5.41) is 23.5. The lowest BCUT2D eigenvalue weighted by Crippen LogP contribution is -2.14. The second-order valence-electron chi connectivity index (χ2n) is 3.03. The molecule has 0 saturated carbocycles. The van der Waals surface area contributed by atoms with E-state index in [4.69, 9.17) is 0 Å². The molecular weight excluding hydrogens is 246 g/mol. The van der Waals surface area contributed by atoms with Crippen LogP contribution >= 0.6 is 0 Å². The van der Waals surface area contributed by atoms with E-state index in [1.165, 1.54) is 12.1 Å². The number of nitrogens with zero attached hydrogens (tertiary/aromatic N) is 2. The van der Waals surface area contributed by atoms with Gasteiger partial charge in [-0.1, -0.05) is 6.07 Å². The Morgan fingerprint density at radius 1 is 1.33 bits per heavy atom. The molecule has 96 valence electrons. The Hall–Kier alpha value is -2.71. The first kappa shape index (κ1) is 13.4. The molecular formula is C9H9N3O6. The van der Waals surface area contributed by atoms with Gasteiger partial charge in [-0.2, -0.15) is 0 Å². The van der Waals surface area contributed by atoms with E-state index in [0.717, 1.165) is 6.07 Å². The Labute approximate surface area is 101 Å². The third-order valence-electron chi connectivity index (χ3n) is 1.91. The van der Waals surface area contributed by atoms with Gasteiger partial charge in [0, 0.05) is 6.07 Å². The summed E-state index contributed by atoms with van der Waals surface area (Å²) >= 11 is 0. The van der Waals surface area contributed by atoms with Crippen LogP contribution in [0.15, 0.2) is 18.2 Å². The molecule has 0 bridgehead atoms. The molecule has 9 nitrogen and oxygen atoms in total. The summed E-state index contributed by atoms with van der Waals surface area (Å²) in [6.45, 7) is 1.63. The smallest absolute Gasteiger partial charge is 0.411 e. The van der Waals surface area contributed by atoms with Crippen LogP contribution in [-0.2, 0) is 4.74 Å². The molecule has 1 rings (SSSR count). The van der Waals surface area contributed by atoms with Crippen molar-refractivity contribution in [2.45, 2.75) is 6.92 Å². The van der Waals surface area contributed by atoms with Gasteiger partial charge in [-0.3, -0.25) is 25.5 Å². The van der Waals surface area contributed by atoms with E-state index in [1.54, 1.807) is 6.92 Å². The molecule has 0 unspecified atom stereocenters. The van der Waals surface area contributed by atoms with Gasteiger partial charge in [-0.25, -0.2) is 4.79 Å². The van der Waals surface area contributed by atoms with E-state index in [9.17, 15) is 25.0 Å². The fraction of sp³-hybridized carbons (Fsp3) is 0.222. The Morgan fingerprint density at radius 2 is 2.00 bits per heavy atom. The zero-order valence-electron chi connectivity index (χ0n) is 9.28. The summed E-state index contributed by atoms with van der Waals surface area (Å²) in [5.74, 6) is 0. The minimum atomic E-state index is -0.931. The van der Waals surface area contributed by atoms with Gasteiger partial charge in [-0.15, -0.1) is 0 Å². The first-order valence-corrected chi connectivity index (χ1v) is 4.83. The topological polar surface area (TPSA) is 125 Å². The first-order chi connectivity index (χ1) is 8.47. The zero-order chi connectivity index (χ0) is 13.7. The molecule has 0 spiro atoms. The number of nitrogens with one attached hydrogen (secondary N) is 1. The number of hydrogen-bond donors (Lipinski definition) is 1. The maximum Gasteiger partial charge on any atom is 0.411 e. The third kappa shape index (κ3) is 2.90. The molecule has 0 aliphatic rings. The van der Waals surface area contributed by atoms with Crippen LogP contribution in [0.1, 0.15) is 6.92 Å². The molecule has 0 aromatic heterocycles. The average molecular weight is 255 g/mol. The van der Waals surface area contributed by atoms with Crippen LogP contribution < -0.4 is 5.32 Å². The Kier molecular flexibility index (Phi) is 4.13. The van der Waals surface area contributed by atoms with Crippen molar-refractivity contribution >= 4 is 23.2 Å². The van der Waals surface area contributed by atoms with Crippen molar-refractivity contribution in [3.8, 4) is 0 Å². The van der Waals surface area contributed by atoms with Crippen LogP contribution in [0.3, 0.4) is 0 Å². The molecule has 0 radical (unpaired) electrons. The van der Waals surface area contributed by atoms with Gasteiger partial charge in [0.05, 0.1) is 16.5 Å². The molecule has 1 aromatic rings. The molecule has 0 heterocycles. The molecule has 1 aromatic carbocycles. The molecule has 0 aliphatic heterocycles. The summed E-state index contributed by atoms with van der Waals surface area (Å²) in [6, 6.07) is 3.39. The van der Waals surface area contributed by atoms with Gasteiger partial charge in [0.2, 0.25) is 0 Å². The number of anilines is 1. The number of carbonyl (C=O) groups excluding carboxylic acids is 1. The van der Waals surface area contributed by atoms with Gasteiger partial charge in [0.15, 0.2) is 0 Å². The fourth-order valence-corrected chi connectivity index (χ4v) is 1.25. The van der Waals surface area contributed by atoms with Gasteiger partial charge in [0.1, 0.15) is 5.69 Å². The molecule has 0 atom stereocenters. The maximum absolute atomic E-state index is 11.1. The fourth-order valence-electron chi connectivity index (χ4n) is 1.25. The SMILES string of the molecule is CCOC(=O)Nc1cccc([N+](=O)[O-])c1[N+](=O)[O-]. The maximum atomic E-state index is 11.1. The van der Waals surface area contributed by atoms with E-state index in [-0.39, 0.29) is 12.3 Å². The summed E-state index contributed by atoms with van der Waals surface area (Å²) in [5.41, 5.74) is -1.77. The molecule has 0 saturated heterocycles. The van der Waals surface area contributed by atoms with Crippen LogP contribution in [0, 0.1) is 20.2 Å². The number of hydrogen-bond acceptors (Lipinski definition) is 6. The van der Waals surface area contributed by atoms with E-state index < -0.39 is 27.3 Å². The van der Waals surface area contributed by atoms with Gasteiger partial charge in [-0.05, 0) is 13.0 Å². The van der Waals surface area contributed by atoms with Crippen LogP contribution in [0.5, 0.6) is 0 Å². The number of para-hydroxylation sites is 1. The van der Waals surface area contributed by atoms with Crippen LogP contribution in [-0.4, -0.2) is 22.5 Å². The highest BCUT2D eigenvalue weighted by molar-refractivity contribution is 5.89. The second-order valence-corrected chi connectivity index (χ2v) is 3.03. The molecule has 18 heavy (non-hydrogen) atoms. The van der Waals surface area contributed by atoms with Crippen molar-refractivity contribution in [2.75, 3.05) is 11.9 Å². The van der Waals surface area contributed by atoms with Crippen LogP contribution in [0.2, 0.25) is 0 Å². The number of carbonyl (C=O) groups is 1. The van der Waals surface area contributed by atoms with Crippen LogP contribution in [0.25, 0.3) is 0 Å². The highest BCUT2D eigenvalue weighted by Crippen LogP contribution is 2.34. The Balaban J connectivity index is 3.19. The monoisotopic (exact) mass is 255 g/mol. The van der Waals surface area contributed by atoms with Crippen molar-refractivity contribution in [1.29, 1.82) is 0 Å². The van der Waals surface area contributed by atoms with Crippen molar-refractivity contribution in [3.63, 3.8) is 0 Å². The molecule has 9 heteroatoms. The molecule has 0 fully saturated rings. The van der Waals surface area contributed by atoms with Crippen molar-refractivity contribution in [3.05, 3.63) is 38.4 Å². The van der Waals surface area contributed by atoms with Gasteiger partial charge < -0.3 is 4.74 Å². The molecule has 1 amide bonds. The summed E-state index contributed by atoms with van der Waals surface area (Å²) in [6.07, 6.45) is -0.916. The Bertz CT molecular complexity index is 501. The van der Waals surface area contributed by atoms with E-state index >= 15 is 0 Å². The van der Waals surface area contributed by atoms with Gasteiger partial charge in [0.25, 0.3) is 0 Å². The van der Waals surface area contributed by atoms with Crippen molar-refractivity contribution in [1.82, 2.24) is 0 Å². The molecule has 0 aliphatic carbocycles. The number of nitro groups is 2. The van der Waals surface area contributed by atoms with Crippen molar-refractivity contribution < 1.29 is 19.4 Å². The quantitative estimate of drug-likeness (QED) is 0.648. The normalized spacial score (nSPS) is 9.61. The number of ether oxygens (including phenoxy) is 1. The lowest BCUT2D eigenvalue weighted by Gasteiger charge is -2.05. The summed E-state index contributed by atoms with van der Waals surface area (Å²) < 4.78 is 4.54. The minimum absolute atomic E-state index is 0.0779. The molecule has 1 N–H and O–H groups in total. The predicted molar refractivity (Wildman–Crippen MR) is 60.4 cm³/mol. The standard InChI is InChI=1S/C9H9N3O6/c1-2-18-9(13)10-6-4-3-5-7(11(14)15)8(6)12(16)17/h3-5H,2H2,1H3,(H,10,13). The van der Waals surface area contributed by atoms with E-state index in [0.29, 0.717) is 0 Å². The average Bonchev–Trinajstić information content (AvgIpc) is 2.28. The lowest BCUT2D eigenvalue weighted by molar-refractivity contribution is -0.421. The van der Waals surface area contributed by atoms with Crippen molar-refractivity contribution in [2.24, 2.45) is 0 Å². The second kappa shape index (κ2) is 5.57. The highest BCUT2D eigenvalue weighted by atomic mass is 16.6. The van der Waals surface area contributed by atoms with E-state index in [1.807, 2.05) is 0 Å². The lowest BCUT2D eigenvalue weighted by atomic mass is 10.2. The summed E-state index contributed by atoms with van der Waals surface area (Å²) in [7, 11) is 0. The minimum Gasteiger partial charge on any atom is -0.450 e. The number of amides is 1. The predicted octanol–water partition coefficient (Wildman–Crippen LogP) is 2.07. The van der Waals surface area contributed by atoms with E-state index in [2.05, 4.69) is 10.1 Å². The first-order valence-electron chi connectivity index (χ1n) is 4.83. The summed E-state index contributed by atoms with van der Waals surface area (Å²) in [4.78, 5) is 30.8.